The average molecular weight is 745 g/mol. The van der Waals surface area contributed by atoms with Crippen molar-refractivity contribution in [1.82, 2.24) is 0 Å². The molecule has 6 heteroatoms. The van der Waals surface area contributed by atoms with Crippen LogP contribution in [0.2, 0.25) is 0 Å². The maximum Gasteiger partial charge on any atom is 0.309 e. The van der Waals surface area contributed by atoms with Crippen molar-refractivity contribution in [2.24, 2.45) is 0 Å². The zero-order chi connectivity index (χ0) is 38.7. The van der Waals surface area contributed by atoms with Crippen molar-refractivity contribution in [3.05, 3.63) is 36.5 Å². The summed E-state index contributed by atoms with van der Waals surface area (Å²) in [6, 6.07) is 0. The van der Waals surface area contributed by atoms with E-state index in [2.05, 4.69) is 45.1 Å². The van der Waals surface area contributed by atoms with E-state index >= 15 is 0 Å². The number of carbonyl (C=O) groups excluding carboxylic acids is 3. The molecule has 0 radical (unpaired) electrons. The molecule has 0 heterocycles. The molecule has 0 fully saturated rings. The summed E-state index contributed by atoms with van der Waals surface area (Å²) in [4.78, 5) is 37.5. The van der Waals surface area contributed by atoms with Gasteiger partial charge in [0, 0.05) is 12.8 Å². The molecule has 0 aromatic carbocycles. The van der Waals surface area contributed by atoms with Gasteiger partial charge in [0.05, 0.1) is 6.42 Å². The minimum Gasteiger partial charge on any atom is -0.462 e. The zero-order valence-corrected chi connectivity index (χ0v) is 35.0. The van der Waals surface area contributed by atoms with Gasteiger partial charge in [-0.3, -0.25) is 14.4 Å². The molecule has 0 aliphatic rings. The molecular weight excluding hydrogens is 661 g/mol. The van der Waals surface area contributed by atoms with E-state index < -0.39 is 12.1 Å². The lowest BCUT2D eigenvalue weighted by molar-refractivity contribution is -0.166. The Kier molecular flexibility index (Phi) is 40.5. The van der Waals surface area contributed by atoms with E-state index in [0.717, 1.165) is 57.8 Å². The van der Waals surface area contributed by atoms with Crippen molar-refractivity contribution < 1.29 is 28.6 Å². The smallest absolute Gasteiger partial charge is 0.309 e. The molecule has 0 saturated heterocycles. The van der Waals surface area contributed by atoms with Crippen LogP contribution < -0.4 is 0 Å². The topological polar surface area (TPSA) is 78.9 Å². The van der Waals surface area contributed by atoms with Crippen LogP contribution in [-0.4, -0.2) is 37.2 Å². The first kappa shape index (κ1) is 50.6. The van der Waals surface area contributed by atoms with Crippen molar-refractivity contribution >= 4 is 17.9 Å². The Labute approximate surface area is 327 Å². The van der Waals surface area contributed by atoms with Gasteiger partial charge in [-0.25, -0.2) is 0 Å². The second kappa shape index (κ2) is 42.4. The van der Waals surface area contributed by atoms with Gasteiger partial charge < -0.3 is 14.2 Å². The monoisotopic (exact) mass is 745 g/mol. The third kappa shape index (κ3) is 40.6. The van der Waals surface area contributed by atoms with E-state index in [9.17, 15) is 14.4 Å². The fraction of sp³-hybridized carbons (Fsp3) is 0.809. The van der Waals surface area contributed by atoms with Crippen LogP contribution in [0.5, 0.6) is 0 Å². The normalized spacial score (nSPS) is 12.3. The maximum atomic E-state index is 12.7. The van der Waals surface area contributed by atoms with Crippen LogP contribution in [0.1, 0.15) is 226 Å². The second-order valence-corrected chi connectivity index (χ2v) is 15.0. The predicted molar refractivity (Wildman–Crippen MR) is 224 cm³/mol. The minimum atomic E-state index is -0.799. The SMILES string of the molecule is CC/C=C\C/C=C\C/C=C\CC(=O)OCC(COC(=O)CCCCCCCCCCCCCCCCC)OC(=O)CCCCCCCCCCCCC. The van der Waals surface area contributed by atoms with Gasteiger partial charge in [0.15, 0.2) is 6.10 Å². The quantitative estimate of drug-likeness (QED) is 0.0269. The summed E-state index contributed by atoms with van der Waals surface area (Å²) in [6.45, 7) is 6.42. The average Bonchev–Trinajstić information content (AvgIpc) is 3.15. The van der Waals surface area contributed by atoms with Crippen LogP contribution in [0.25, 0.3) is 0 Å². The van der Waals surface area contributed by atoms with E-state index in [4.69, 9.17) is 14.2 Å². The fourth-order valence-corrected chi connectivity index (χ4v) is 6.33. The fourth-order valence-electron chi connectivity index (χ4n) is 6.33. The summed E-state index contributed by atoms with van der Waals surface area (Å²) in [5.74, 6) is -1.02. The summed E-state index contributed by atoms with van der Waals surface area (Å²) >= 11 is 0. The van der Waals surface area contributed by atoms with Gasteiger partial charge >= 0.3 is 17.9 Å². The third-order valence-electron chi connectivity index (χ3n) is 9.69. The van der Waals surface area contributed by atoms with Gasteiger partial charge in [0.25, 0.3) is 0 Å². The first-order valence-electron chi connectivity index (χ1n) is 22.5. The van der Waals surface area contributed by atoms with Crippen LogP contribution >= 0.6 is 0 Å². The number of hydrogen-bond acceptors (Lipinski definition) is 6. The summed E-state index contributed by atoms with van der Waals surface area (Å²) in [5.41, 5.74) is 0. The Morgan fingerprint density at radius 2 is 0.736 bits per heavy atom. The van der Waals surface area contributed by atoms with Gasteiger partial charge in [-0.15, -0.1) is 0 Å². The number of unbranched alkanes of at least 4 members (excludes halogenated alkanes) is 24. The molecule has 6 nitrogen and oxygen atoms in total. The molecule has 0 aromatic rings. The van der Waals surface area contributed by atoms with Gasteiger partial charge in [0.2, 0.25) is 0 Å². The second-order valence-electron chi connectivity index (χ2n) is 15.0. The number of allylic oxidation sites excluding steroid dienone is 5. The molecule has 0 aliphatic heterocycles. The highest BCUT2D eigenvalue weighted by Crippen LogP contribution is 2.15. The number of carbonyl (C=O) groups is 3. The lowest BCUT2D eigenvalue weighted by Gasteiger charge is -2.18. The van der Waals surface area contributed by atoms with E-state index in [0.29, 0.717) is 12.8 Å². The minimum absolute atomic E-state index is 0.0953. The van der Waals surface area contributed by atoms with Crippen molar-refractivity contribution in [2.75, 3.05) is 13.2 Å². The van der Waals surface area contributed by atoms with E-state index in [1.807, 2.05) is 6.08 Å². The molecule has 1 atom stereocenters. The van der Waals surface area contributed by atoms with Gasteiger partial charge in [0.1, 0.15) is 13.2 Å². The number of esters is 3. The lowest BCUT2D eigenvalue weighted by Crippen LogP contribution is -2.30. The van der Waals surface area contributed by atoms with Gasteiger partial charge in [-0.2, -0.15) is 0 Å². The molecule has 0 rings (SSSR count). The molecule has 0 saturated carbocycles. The first-order valence-corrected chi connectivity index (χ1v) is 22.5. The Morgan fingerprint density at radius 1 is 0.396 bits per heavy atom. The maximum absolute atomic E-state index is 12.7. The van der Waals surface area contributed by atoms with Gasteiger partial charge in [-0.1, -0.05) is 211 Å². The summed E-state index contributed by atoms with van der Waals surface area (Å²) in [5, 5.41) is 0. The summed E-state index contributed by atoms with van der Waals surface area (Å²) in [6.07, 6.45) is 47.3. The highest BCUT2D eigenvalue weighted by molar-refractivity contribution is 5.72. The van der Waals surface area contributed by atoms with Crippen molar-refractivity contribution in [3.8, 4) is 0 Å². The van der Waals surface area contributed by atoms with Crippen molar-refractivity contribution in [1.29, 1.82) is 0 Å². The molecular formula is C47H84O6. The Morgan fingerprint density at radius 3 is 1.15 bits per heavy atom. The third-order valence-corrected chi connectivity index (χ3v) is 9.69. The van der Waals surface area contributed by atoms with Crippen molar-refractivity contribution in [3.63, 3.8) is 0 Å². The summed E-state index contributed by atoms with van der Waals surface area (Å²) < 4.78 is 16.6. The predicted octanol–water partition coefficient (Wildman–Crippen LogP) is 14.2. The molecule has 0 aromatic heterocycles. The molecule has 308 valence electrons. The highest BCUT2D eigenvalue weighted by atomic mass is 16.6. The van der Waals surface area contributed by atoms with E-state index in [-0.39, 0.29) is 31.6 Å². The standard InChI is InChI=1S/C47H84O6/c1-4-7-10-13-16-19-21-22-23-24-26-28-31-34-37-40-46(49)52-43-44(42-51-45(48)39-36-33-30-27-18-15-12-9-6-3)53-47(50)41-38-35-32-29-25-20-17-14-11-8-5-2/h9,12,18,27,33,36,44H,4-8,10-11,13-17,19-26,28-32,34-35,37-43H2,1-3H3/b12-9-,27-18-,36-33-. The Balaban J connectivity index is 4.36. The van der Waals surface area contributed by atoms with Crippen LogP contribution in [0.4, 0.5) is 0 Å². The van der Waals surface area contributed by atoms with Crippen LogP contribution in [-0.2, 0) is 28.6 Å². The molecule has 53 heavy (non-hydrogen) atoms. The Hall–Kier alpha value is -2.37. The molecule has 0 amide bonds. The van der Waals surface area contributed by atoms with E-state index in [1.165, 1.54) is 128 Å². The van der Waals surface area contributed by atoms with Crippen molar-refractivity contribution in [2.45, 2.75) is 232 Å². The molecule has 0 N–H and O–H groups in total. The molecule has 1 unspecified atom stereocenters. The van der Waals surface area contributed by atoms with E-state index in [1.54, 1.807) is 6.08 Å². The summed E-state index contributed by atoms with van der Waals surface area (Å²) in [7, 11) is 0. The van der Waals surface area contributed by atoms with Gasteiger partial charge in [-0.05, 0) is 32.1 Å². The molecule has 0 bridgehead atoms. The number of rotatable bonds is 40. The number of hydrogen-bond donors (Lipinski definition) is 0. The highest BCUT2D eigenvalue weighted by Gasteiger charge is 2.19. The zero-order valence-electron chi connectivity index (χ0n) is 35.0. The first-order chi connectivity index (χ1) is 26.0. The Bertz CT molecular complexity index is 907. The molecule has 0 aliphatic carbocycles. The van der Waals surface area contributed by atoms with Crippen LogP contribution in [0, 0.1) is 0 Å². The van der Waals surface area contributed by atoms with Crippen LogP contribution in [0.15, 0.2) is 36.5 Å². The van der Waals surface area contributed by atoms with Crippen LogP contribution in [0.3, 0.4) is 0 Å². The molecule has 0 spiro atoms. The lowest BCUT2D eigenvalue weighted by atomic mass is 10.0. The number of ether oxygens (including phenoxy) is 3. The largest absolute Gasteiger partial charge is 0.462 e.